The van der Waals surface area contributed by atoms with Crippen molar-refractivity contribution in [1.82, 2.24) is 0 Å². The van der Waals surface area contributed by atoms with Gasteiger partial charge in [0.05, 0.1) is 22.3 Å². The van der Waals surface area contributed by atoms with E-state index in [9.17, 15) is 13.2 Å². The standard InChI is InChI=1S/C16H14N2O3S/c1-2-22(20,21)15-9-7-14(8-10-15)18-16(19)13-5-3-12(11-17)4-6-13/h3-10H,2H2,1H3,(H,18,19). The molecule has 0 atom stereocenters. The molecule has 22 heavy (non-hydrogen) atoms. The summed E-state index contributed by atoms with van der Waals surface area (Å²) in [5.41, 5.74) is 1.40. The highest BCUT2D eigenvalue weighted by atomic mass is 32.2. The van der Waals surface area contributed by atoms with Crippen LogP contribution in [0.2, 0.25) is 0 Å². The minimum absolute atomic E-state index is 0.0317. The van der Waals surface area contributed by atoms with Crippen LogP contribution in [0.1, 0.15) is 22.8 Å². The first-order valence-corrected chi connectivity index (χ1v) is 8.26. The van der Waals surface area contributed by atoms with Crippen molar-refractivity contribution in [3.63, 3.8) is 0 Å². The highest BCUT2D eigenvalue weighted by molar-refractivity contribution is 7.91. The molecule has 112 valence electrons. The van der Waals surface area contributed by atoms with Gasteiger partial charge in [0.1, 0.15) is 0 Å². The summed E-state index contributed by atoms with van der Waals surface area (Å²) in [5.74, 6) is -0.292. The van der Waals surface area contributed by atoms with Crippen LogP contribution in [0.15, 0.2) is 53.4 Å². The van der Waals surface area contributed by atoms with Gasteiger partial charge in [-0.15, -0.1) is 0 Å². The predicted molar refractivity (Wildman–Crippen MR) is 83.3 cm³/mol. The maximum Gasteiger partial charge on any atom is 0.255 e. The summed E-state index contributed by atoms with van der Waals surface area (Å²) in [4.78, 5) is 12.3. The molecule has 6 heteroatoms. The number of anilines is 1. The fourth-order valence-corrected chi connectivity index (χ4v) is 2.70. The lowest BCUT2D eigenvalue weighted by molar-refractivity contribution is 0.102. The van der Waals surface area contributed by atoms with Crippen molar-refractivity contribution < 1.29 is 13.2 Å². The Kier molecular flexibility index (Phi) is 4.59. The number of nitriles is 1. The van der Waals surface area contributed by atoms with Gasteiger partial charge in [-0.2, -0.15) is 5.26 Å². The van der Waals surface area contributed by atoms with E-state index in [1.54, 1.807) is 43.3 Å². The molecule has 1 amide bonds. The number of amides is 1. The Hall–Kier alpha value is -2.65. The van der Waals surface area contributed by atoms with Crippen molar-refractivity contribution in [1.29, 1.82) is 5.26 Å². The monoisotopic (exact) mass is 314 g/mol. The quantitative estimate of drug-likeness (QED) is 0.939. The first-order valence-electron chi connectivity index (χ1n) is 6.60. The Bertz CT molecular complexity index is 817. The van der Waals surface area contributed by atoms with Gasteiger partial charge >= 0.3 is 0 Å². The summed E-state index contributed by atoms with van der Waals surface area (Å²) < 4.78 is 23.4. The van der Waals surface area contributed by atoms with Crippen LogP contribution in [0.4, 0.5) is 5.69 Å². The van der Waals surface area contributed by atoms with E-state index < -0.39 is 9.84 Å². The molecule has 0 aliphatic carbocycles. The highest BCUT2D eigenvalue weighted by Crippen LogP contribution is 2.16. The number of carbonyl (C=O) groups excluding carboxylic acids is 1. The molecular formula is C16H14N2O3S. The van der Waals surface area contributed by atoms with Gasteiger partial charge in [-0.1, -0.05) is 6.92 Å². The van der Waals surface area contributed by atoms with Crippen molar-refractivity contribution >= 4 is 21.4 Å². The Labute approximate surface area is 129 Å². The number of nitrogens with one attached hydrogen (secondary N) is 1. The molecule has 0 heterocycles. The van der Waals surface area contributed by atoms with Gasteiger partial charge in [0, 0.05) is 11.3 Å². The van der Waals surface area contributed by atoms with E-state index in [0.29, 0.717) is 16.8 Å². The molecule has 0 bridgehead atoms. The van der Waals surface area contributed by atoms with Crippen LogP contribution in [0, 0.1) is 11.3 Å². The van der Waals surface area contributed by atoms with Crippen LogP contribution < -0.4 is 5.32 Å². The molecule has 0 aromatic heterocycles. The lowest BCUT2D eigenvalue weighted by Crippen LogP contribution is -2.12. The topological polar surface area (TPSA) is 87.0 Å². The summed E-state index contributed by atoms with van der Waals surface area (Å²) in [5, 5.41) is 11.4. The Morgan fingerprint density at radius 1 is 1.09 bits per heavy atom. The maximum absolute atomic E-state index is 12.0. The molecule has 0 saturated heterocycles. The third kappa shape index (κ3) is 3.51. The molecule has 0 saturated carbocycles. The van der Waals surface area contributed by atoms with Crippen LogP contribution in [-0.4, -0.2) is 20.1 Å². The molecule has 5 nitrogen and oxygen atoms in total. The van der Waals surface area contributed by atoms with Crippen LogP contribution in [-0.2, 0) is 9.84 Å². The van der Waals surface area contributed by atoms with Crippen LogP contribution in [0.25, 0.3) is 0 Å². The van der Waals surface area contributed by atoms with Crippen molar-refractivity contribution in [2.75, 3.05) is 11.1 Å². The van der Waals surface area contributed by atoms with E-state index in [1.807, 2.05) is 6.07 Å². The third-order valence-corrected chi connectivity index (χ3v) is 4.88. The zero-order valence-electron chi connectivity index (χ0n) is 11.9. The molecule has 1 N–H and O–H groups in total. The summed E-state index contributed by atoms with van der Waals surface area (Å²) in [6.07, 6.45) is 0. The number of hydrogen-bond donors (Lipinski definition) is 1. The van der Waals surface area contributed by atoms with Gasteiger partial charge < -0.3 is 5.32 Å². The van der Waals surface area contributed by atoms with Crippen LogP contribution in [0.5, 0.6) is 0 Å². The second kappa shape index (κ2) is 6.41. The smallest absolute Gasteiger partial charge is 0.255 e. The van der Waals surface area contributed by atoms with Gasteiger partial charge in [-0.25, -0.2) is 8.42 Å². The Morgan fingerprint density at radius 2 is 1.68 bits per heavy atom. The van der Waals surface area contributed by atoms with E-state index in [4.69, 9.17) is 5.26 Å². The molecule has 2 rings (SSSR count). The van der Waals surface area contributed by atoms with E-state index in [0.717, 1.165) is 0 Å². The molecule has 0 aliphatic heterocycles. The fourth-order valence-electron chi connectivity index (χ4n) is 1.81. The molecule has 0 radical (unpaired) electrons. The molecule has 2 aromatic rings. The number of benzene rings is 2. The predicted octanol–water partition coefficient (Wildman–Crippen LogP) is 2.60. The number of nitrogens with zero attached hydrogens (tertiary/aromatic N) is 1. The van der Waals surface area contributed by atoms with Crippen molar-refractivity contribution in [2.45, 2.75) is 11.8 Å². The van der Waals surface area contributed by atoms with Crippen LogP contribution >= 0.6 is 0 Å². The van der Waals surface area contributed by atoms with E-state index >= 15 is 0 Å². The number of carbonyl (C=O) groups is 1. The molecule has 0 fully saturated rings. The van der Waals surface area contributed by atoms with E-state index in [1.165, 1.54) is 12.1 Å². The minimum Gasteiger partial charge on any atom is -0.322 e. The van der Waals surface area contributed by atoms with Crippen LogP contribution in [0.3, 0.4) is 0 Å². The van der Waals surface area contributed by atoms with E-state index in [2.05, 4.69) is 5.32 Å². The van der Waals surface area contributed by atoms with Gasteiger partial charge in [-0.05, 0) is 48.5 Å². The van der Waals surface area contributed by atoms with Crippen molar-refractivity contribution in [3.05, 3.63) is 59.7 Å². The summed E-state index contributed by atoms with van der Waals surface area (Å²) in [7, 11) is -3.25. The molecule has 0 aliphatic rings. The molecular weight excluding hydrogens is 300 g/mol. The van der Waals surface area contributed by atoms with Gasteiger partial charge in [0.15, 0.2) is 9.84 Å². The van der Waals surface area contributed by atoms with Crippen molar-refractivity contribution in [3.8, 4) is 6.07 Å². The molecule has 0 spiro atoms. The third-order valence-electron chi connectivity index (χ3n) is 3.13. The second-order valence-corrected chi connectivity index (χ2v) is 6.85. The van der Waals surface area contributed by atoms with E-state index in [-0.39, 0.29) is 16.6 Å². The SMILES string of the molecule is CCS(=O)(=O)c1ccc(NC(=O)c2ccc(C#N)cc2)cc1. The first-order chi connectivity index (χ1) is 10.5. The lowest BCUT2D eigenvalue weighted by Gasteiger charge is -2.07. The minimum atomic E-state index is -3.25. The number of hydrogen-bond acceptors (Lipinski definition) is 4. The largest absolute Gasteiger partial charge is 0.322 e. The summed E-state index contributed by atoms with van der Waals surface area (Å²) >= 11 is 0. The molecule has 0 unspecified atom stereocenters. The maximum atomic E-state index is 12.0. The Balaban J connectivity index is 2.13. The summed E-state index contributed by atoms with van der Waals surface area (Å²) in [6.45, 7) is 1.58. The van der Waals surface area contributed by atoms with Crippen molar-refractivity contribution in [2.24, 2.45) is 0 Å². The zero-order valence-corrected chi connectivity index (χ0v) is 12.7. The van der Waals surface area contributed by atoms with Gasteiger partial charge in [-0.3, -0.25) is 4.79 Å². The molecule has 2 aromatic carbocycles. The Morgan fingerprint density at radius 3 is 2.18 bits per heavy atom. The average Bonchev–Trinajstić information content (AvgIpc) is 2.55. The summed E-state index contributed by atoms with van der Waals surface area (Å²) in [6, 6.07) is 14.2. The second-order valence-electron chi connectivity index (χ2n) is 4.57. The van der Waals surface area contributed by atoms with Gasteiger partial charge in [0.25, 0.3) is 5.91 Å². The fraction of sp³-hybridized carbons (Fsp3) is 0.125. The highest BCUT2D eigenvalue weighted by Gasteiger charge is 2.11. The lowest BCUT2D eigenvalue weighted by atomic mass is 10.1. The number of rotatable bonds is 4. The average molecular weight is 314 g/mol. The van der Waals surface area contributed by atoms with Gasteiger partial charge in [0.2, 0.25) is 0 Å². The normalized spacial score (nSPS) is 10.7. The zero-order chi connectivity index (χ0) is 16.2. The first kappa shape index (κ1) is 15.7. The number of sulfone groups is 1.